The number of aliphatic carboxylic acids is 1. The fourth-order valence-corrected chi connectivity index (χ4v) is 5.51. The average Bonchev–Trinajstić information content (AvgIpc) is 2.67. The topological polar surface area (TPSA) is 57.6 Å². The Hall–Kier alpha value is -0.0500. The van der Waals surface area contributed by atoms with Crippen molar-refractivity contribution in [3.8, 4) is 0 Å². The van der Waals surface area contributed by atoms with Crippen LogP contribution in [0, 0.1) is 0 Å². The molecule has 1 fully saturated rings. The molecule has 1 atom stereocenters. The first-order valence-corrected chi connectivity index (χ1v) is 8.62. The van der Waals surface area contributed by atoms with Gasteiger partial charge in [-0.25, -0.2) is 4.79 Å². The van der Waals surface area contributed by atoms with Gasteiger partial charge in [0, 0.05) is 18.1 Å². The van der Waals surface area contributed by atoms with Gasteiger partial charge in [0.15, 0.2) is 0 Å². The molecule has 1 aliphatic rings. The lowest BCUT2D eigenvalue weighted by molar-refractivity contribution is -0.141. The van der Waals surface area contributed by atoms with Gasteiger partial charge in [-0.2, -0.15) is 11.8 Å². The first-order valence-electron chi connectivity index (χ1n) is 5.07. The average molecular weight is 415 g/mol. The highest BCUT2D eigenvalue weighted by molar-refractivity contribution is 9.12. The van der Waals surface area contributed by atoms with Crippen molar-refractivity contribution in [1.82, 2.24) is 4.90 Å². The molecule has 1 saturated heterocycles. The van der Waals surface area contributed by atoms with E-state index in [4.69, 9.17) is 5.11 Å². The quantitative estimate of drug-likeness (QED) is 0.808. The Morgan fingerprint density at radius 1 is 1.44 bits per heavy atom. The minimum atomic E-state index is -0.944. The molecule has 1 unspecified atom stereocenters. The van der Waals surface area contributed by atoms with Gasteiger partial charge in [-0.15, -0.1) is 11.3 Å². The Bertz CT molecular complexity index is 491. The molecule has 4 nitrogen and oxygen atoms in total. The number of carboxylic acids is 1. The van der Waals surface area contributed by atoms with Crippen molar-refractivity contribution in [2.45, 2.75) is 6.04 Å². The number of carboxylic acid groups (broad SMARTS) is 1. The van der Waals surface area contributed by atoms with E-state index < -0.39 is 12.0 Å². The Labute approximate surface area is 129 Å². The molecule has 0 radical (unpaired) electrons. The minimum Gasteiger partial charge on any atom is -0.480 e. The van der Waals surface area contributed by atoms with Crippen LogP contribution in [0.5, 0.6) is 0 Å². The molecule has 0 spiro atoms. The molecule has 1 N–H and O–H groups in total. The van der Waals surface area contributed by atoms with Crippen molar-refractivity contribution in [1.29, 1.82) is 0 Å². The standard InChI is InChI=1S/C10H9Br2NO3S2/c11-7-3-5(8(12)18-7)9(14)13-1-2-17-4-6(13)10(15)16/h3,6H,1-2,4H2,(H,15,16). The zero-order valence-electron chi connectivity index (χ0n) is 9.06. The first kappa shape index (κ1) is 14.4. The third kappa shape index (κ3) is 2.92. The zero-order valence-corrected chi connectivity index (χ0v) is 13.9. The van der Waals surface area contributed by atoms with Crippen molar-refractivity contribution in [2.75, 3.05) is 18.1 Å². The summed E-state index contributed by atoms with van der Waals surface area (Å²) in [5.74, 6) is 0.0557. The van der Waals surface area contributed by atoms with Crippen LogP contribution in [-0.2, 0) is 4.79 Å². The van der Waals surface area contributed by atoms with Crippen molar-refractivity contribution in [3.05, 3.63) is 19.2 Å². The molecule has 8 heteroatoms. The Kier molecular flexibility index (Phi) is 4.74. The maximum atomic E-state index is 12.4. The molecule has 0 aromatic carbocycles. The van der Waals surface area contributed by atoms with Gasteiger partial charge in [-0.1, -0.05) is 0 Å². The van der Waals surface area contributed by atoms with E-state index in [2.05, 4.69) is 31.9 Å². The lowest BCUT2D eigenvalue weighted by Gasteiger charge is -2.32. The Morgan fingerprint density at radius 2 is 2.17 bits per heavy atom. The molecule has 0 saturated carbocycles. The number of hydrogen-bond donors (Lipinski definition) is 1. The number of halogens is 2. The van der Waals surface area contributed by atoms with Crippen LogP contribution in [0.2, 0.25) is 0 Å². The van der Waals surface area contributed by atoms with Gasteiger partial charge in [0.25, 0.3) is 5.91 Å². The SMILES string of the molecule is O=C(O)C1CSCCN1C(=O)c1cc(Br)sc1Br. The maximum absolute atomic E-state index is 12.4. The third-order valence-corrected chi connectivity index (χ3v) is 5.92. The predicted molar refractivity (Wildman–Crippen MR) is 79.5 cm³/mol. The molecule has 1 aliphatic heterocycles. The fourth-order valence-electron chi connectivity index (χ4n) is 1.69. The second kappa shape index (κ2) is 5.94. The summed E-state index contributed by atoms with van der Waals surface area (Å²) in [6.45, 7) is 0.473. The zero-order chi connectivity index (χ0) is 13.3. The summed E-state index contributed by atoms with van der Waals surface area (Å²) >= 11 is 9.61. The number of thiophene rings is 1. The highest BCUT2D eigenvalue weighted by atomic mass is 79.9. The molecule has 18 heavy (non-hydrogen) atoms. The van der Waals surface area contributed by atoms with E-state index in [1.165, 1.54) is 16.2 Å². The van der Waals surface area contributed by atoms with Gasteiger partial charge in [-0.05, 0) is 37.9 Å². The lowest BCUT2D eigenvalue weighted by Crippen LogP contribution is -2.50. The summed E-state index contributed by atoms with van der Waals surface area (Å²) in [6.07, 6.45) is 0. The van der Waals surface area contributed by atoms with Crippen molar-refractivity contribution < 1.29 is 14.7 Å². The Morgan fingerprint density at radius 3 is 2.72 bits per heavy atom. The van der Waals surface area contributed by atoms with Gasteiger partial charge in [0.1, 0.15) is 6.04 Å². The second-order valence-corrected chi connectivity index (χ2v) is 8.56. The largest absolute Gasteiger partial charge is 0.480 e. The minimum absolute atomic E-state index is 0.225. The summed E-state index contributed by atoms with van der Waals surface area (Å²) < 4.78 is 1.57. The second-order valence-electron chi connectivity index (χ2n) is 3.67. The fraction of sp³-hybridized carbons (Fsp3) is 0.400. The van der Waals surface area contributed by atoms with E-state index in [1.807, 2.05) is 0 Å². The summed E-state index contributed by atoms with van der Waals surface area (Å²) in [6, 6.07) is 0.986. The van der Waals surface area contributed by atoms with Gasteiger partial charge in [0.05, 0.1) is 13.1 Å². The predicted octanol–water partition coefficient (Wildman–Crippen LogP) is 2.92. The maximum Gasteiger partial charge on any atom is 0.327 e. The number of thioether (sulfide) groups is 1. The van der Waals surface area contributed by atoms with Gasteiger partial charge in [-0.3, -0.25) is 4.79 Å². The molecule has 98 valence electrons. The van der Waals surface area contributed by atoms with Crippen molar-refractivity contribution in [2.24, 2.45) is 0 Å². The van der Waals surface area contributed by atoms with Crippen LogP contribution < -0.4 is 0 Å². The van der Waals surface area contributed by atoms with E-state index in [-0.39, 0.29) is 5.91 Å². The molecular weight excluding hydrogens is 406 g/mol. The molecular formula is C10H9Br2NO3S2. The highest BCUT2D eigenvalue weighted by Crippen LogP contribution is 2.33. The van der Waals surface area contributed by atoms with E-state index in [0.717, 1.165) is 13.3 Å². The Balaban J connectivity index is 2.26. The normalized spacial score (nSPS) is 19.9. The van der Waals surface area contributed by atoms with Crippen molar-refractivity contribution in [3.63, 3.8) is 0 Å². The van der Waals surface area contributed by atoms with Crippen LogP contribution in [0.25, 0.3) is 0 Å². The number of carbonyl (C=O) groups is 2. The smallest absolute Gasteiger partial charge is 0.327 e. The molecule has 0 bridgehead atoms. The van der Waals surface area contributed by atoms with Gasteiger partial charge in [0.2, 0.25) is 0 Å². The van der Waals surface area contributed by atoms with E-state index in [1.54, 1.807) is 17.8 Å². The monoisotopic (exact) mass is 413 g/mol. The van der Waals surface area contributed by atoms with Crippen LogP contribution in [0.1, 0.15) is 10.4 Å². The summed E-state index contributed by atoms with van der Waals surface area (Å²) in [4.78, 5) is 25.0. The number of rotatable bonds is 2. The van der Waals surface area contributed by atoms with Crippen LogP contribution >= 0.6 is 55.0 Å². The summed E-state index contributed by atoms with van der Waals surface area (Å²) in [7, 11) is 0. The summed E-state index contributed by atoms with van der Waals surface area (Å²) in [5.41, 5.74) is 0.519. The van der Waals surface area contributed by atoms with Crippen LogP contribution in [0.3, 0.4) is 0 Å². The van der Waals surface area contributed by atoms with Crippen molar-refractivity contribution >= 4 is 66.8 Å². The number of nitrogens with zero attached hydrogens (tertiary/aromatic N) is 1. The van der Waals surface area contributed by atoms with E-state index in [9.17, 15) is 9.59 Å². The molecule has 1 aromatic heterocycles. The molecule has 0 aliphatic carbocycles. The van der Waals surface area contributed by atoms with Gasteiger partial charge >= 0.3 is 5.97 Å². The lowest BCUT2D eigenvalue weighted by atomic mass is 10.2. The number of amides is 1. The van der Waals surface area contributed by atoms with Crippen LogP contribution in [0.15, 0.2) is 13.6 Å². The number of hydrogen-bond acceptors (Lipinski definition) is 4. The van der Waals surface area contributed by atoms with Crippen LogP contribution in [-0.4, -0.2) is 46.0 Å². The first-order chi connectivity index (χ1) is 8.50. The molecule has 1 amide bonds. The highest BCUT2D eigenvalue weighted by Gasteiger charge is 2.34. The van der Waals surface area contributed by atoms with Crippen LogP contribution in [0.4, 0.5) is 0 Å². The van der Waals surface area contributed by atoms with Gasteiger partial charge < -0.3 is 10.0 Å². The third-order valence-electron chi connectivity index (χ3n) is 2.56. The number of carbonyl (C=O) groups excluding carboxylic acids is 1. The van der Waals surface area contributed by atoms with E-state index >= 15 is 0 Å². The molecule has 1 aromatic rings. The van der Waals surface area contributed by atoms with E-state index in [0.29, 0.717) is 17.9 Å². The molecule has 2 rings (SSSR count). The molecule has 2 heterocycles. The summed E-state index contributed by atoms with van der Waals surface area (Å²) in [5, 5.41) is 9.15.